The molecule has 0 aliphatic carbocycles. The fraction of sp³-hybridized carbons (Fsp3) is 0.489. The third kappa shape index (κ3) is 24.7. The van der Waals surface area contributed by atoms with Crippen molar-refractivity contribution in [3.63, 3.8) is 0 Å². The molecule has 0 radical (unpaired) electrons. The number of hydrogen-bond acceptors (Lipinski definition) is 14. The van der Waals surface area contributed by atoms with Crippen LogP contribution in [0.3, 0.4) is 0 Å². The third-order valence-corrected chi connectivity index (χ3v) is 7.20. The van der Waals surface area contributed by atoms with Crippen LogP contribution in [0.5, 0.6) is 17.2 Å². The second kappa shape index (κ2) is 24.3. The number of esters is 2. The number of carbonyl (C=O) groups is 5. The SMILES string of the molecule is CC(C)(C)OC(=O)Oc1ccc(CCCO)cc1.CC(C)(C)OC(=O)Oc1ccc(CCCOC(=O)CC(=O)OCCCc2ccc(OC(=O)OC(C)(C)C)cc2)cc1. The van der Waals surface area contributed by atoms with Gasteiger partial charge < -0.3 is 43.0 Å². The van der Waals surface area contributed by atoms with Crippen LogP contribution in [0.1, 0.15) is 105 Å². The number of aliphatic hydroxyl groups excluding tert-OH is 1. The Labute approximate surface area is 347 Å². The summed E-state index contributed by atoms with van der Waals surface area (Å²) in [5, 5.41) is 8.72. The van der Waals surface area contributed by atoms with E-state index in [0.717, 1.165) is 29.5 Å². The molecular formula is C45H60O14. The average molecular weight is 825 g/mol. The lowest BCUT2D eigenvalue weighted by molar-refractivity contribution is -0.154. The molecule has 0 heterocycles. The fourth-order valence-electron chi connectivity index (χ4n) is 4.70. The van der Waals surface area contributed by atoms with Gasteiger partial charge >= 0.3 is 30.4 Å². The maximum absolute atomic E-state index is 11.9. The molecule has 0 spiro atoms. The summed E-state index contributed by atoms with van der Waals surface area (Å²) < 4.78 is 40.8. The molecule has 0 saturated carbocycles. The van der Waals surface area contributed by atoms with Gasteiger partial charge in [0.05, 0.1) is 13.2 Å². The lowest BCUT2D eigenvalue weighted by Gasteiger charge is -2.18. The number of hydrogen-bond donors (Lipinski definition) is 1. The number of ether oxygens (including phenoxy) is 8. The van der Waals surface area contributed by atoms with Gasteiger partial charge in [-0.05, 0) is 154 Å². The number of carbonyl (C=O) groups excluding carboxylic acids is 5. The molecule has 0 aliphatic heterocycles. The Hall–Kier alpha value is -5.63. The maximum Gasteiger partial charge on any atom is 0.514 e. The van der Waals surface area contributed by atoms with Crippen LogP contribution in [0.4, 0.5) is 14.4 Å². The molecule has 0 aliphatic rings. The highest BCUT2D eigenvalue weighted by Crippen LogP contribution is 2.19. The summed E-state index contributed by atoms with van der Waals surface area (Å²) in [6.45, 7) is 16.4. The molecule has 0 saturated heterocycles. The first kappa shape index (κ1) is 49.5. The van der Waals surface area contributed by atoms with Gasteiger partial charge in [0.1, 0.15) is 40.5 Å². The van der Waals surface area contributed by atoms with Crippen LogP contribution in [0.25, 0.3) is 0 Å². The fourth-order valence-corrected chi connectivity index (χ4v) is 4.70. The molecule has 3 rings (SSSR count). The highest BCUT2D eigenvalue weighted by atomic mass is 16.7. The van der Waals surface area contributed by atoms with Crippen LogP contribution in [0.15, 0.2) is 72.8 Å². The Morgan fingerprint density at radius 2 is 0.712 bits per heavy atom. The lowest BCUT2D eigenvalue weighted by atomic mass is 10.1. The van der Waals surface area contributed by atoms with Gasteiger partial charge in [-0.1, -0.05) is 36.4 Å². The summed E-state index contributed by atoms with van der Waals surface area (Å²) in [6, 6.07) is 21.1. The maximum atomic E-state index is 11.9. The molecular weight excluding hydrogens is 764 g/mol. The highest BCUT2D eigenvalue weighted by molar-refractivity contribution is 5.91. The molecule has 0 unspecified atom stereocenters. The number of aliphatic hydroxyl groups is 1. The first-order valence-electron chi connectivity index (χ1n) is 19.5. The van der Waals surface area contributed by atoms with Gasteiger partial charge in [-0.15, -0.1) is 0 Å². The first-order valence-corrected chi connectivity index (χ1v) is 19.5. The normalized spacial score (nSPS) is 11.2. The smallest absolute Gasteiger partial charge is 0.465 e. The van der Waals surface area contributed by atoms with Crippen LogP contribution in [-0.2, 0) is 52.5 Å². The predicted molar refractivity (Wildman–Crippen MR) is 218 cm³/mol. The van der Waals surface area contributed by atoms with E-state index in [1.54, 1.807) is 98.7 Å². The van der Waals surface area contributed by atoms with Gasteiger partial charge in [-0.25, -0.2) is 14.4 Å². The van der Waals surface area contributed by atoms with Crippen molar-refractivity contribution >= 4 is 30.4 Å². The van der Waals surface area contributed by atoms with Gasteiger partial charge in [-0.2, -0.15) is 0 Å². The Morgan fingerprint density at radius 3 is 0.966 bits per heavy atom. The van der Waals surface area contributed by atoms with E-state index in [1.807, 2.05) is 36.4 Å². The zero-order valence-corrected chi connectivity index (χ0v) is 35.8. The molecule has 1 N–H and O–H groups in total. The number of rotatable bonds is 16. The number of aryl methyl sites for hydroxylation is 3. The van der Waals surface area contributed by atoms with E-state index < -0.39 is 53.6 Å². The summed E-state index contributed by atoms with van der Waals surface area (Å²) in [5.74, 6) is -0.0863. The highest BCUT2D eigenvalue weighted by Gasteiger charge is 2.20. The van der Waals surface area contributed by atoms with Crippen molar-refractivity contribution in [2.75, 3.05) is 19.8 Å². The number of benzene rings is 3. The molecule has 0 aromatic heterocycles. The van der Waals surface area contributed by atoms with Crippen molar-refractivity contribution in [3.8, 4) is 17.2 Å². The summed E-state index contributed by atoms with van der Waals surface area (Å²) in [5.41, 5.74) is 1.22. The standard InChI is InChI=1S/C31H40O10.C14H20O4/c1-30(2,3)40-28(34)38-24-15-11-22(12-16-24)9-7-19-36-26(32)21-27(33)37-20-8-10-23-13-17-25(18-14-23)39-29(35)41-31(4,5)6;1-14(2,3)18-13(16)17-12-8-6-11(7-9-12)5-4-10-15/h11-18H,7-10,19-21H2,1-6H3;6-9,15H,4-5,10H2,1-3H3. The minimum Gasteiger partial charge on any atom is -0.465 e. The monoisotopic (exact) mass is 824 g/mol. The van der Waals surface area contributed by atoms with Crippen LogP contribution < -0.4 is 14.2 Å². The lowest BCUT2D eigenvalue weighted by Crippen LogP contribution is -2.25. The molecule has 14 heteroatoms. The Morgan fingerprint density at radius 1 is 0.441 bits per heavy atom. The summed E-state index contributed by atoms with van der Waals surface area (Å²) >= 11 is 0. The van der Waals surface area contributed by atoms with Crippen molar-refractivity contribution in [3.05, 3.63) is 89.5 Å². The van der Waals surface area contributed by atoms with Crippen molar-refractivity contribution < 1.29 is 67.0 Å². The van der Waals surface area contributed by atoms with E-state index in [1.165, 1.54) is 0 Å². The van der Waals surface area contributed by atoms with Crippen LogP contribution in [-0.4, -0.2) is 72.1 Å². The molecule has 3 aromatic rings. The largest absolute Gasteiger partial charge is 0.514 e. The van der Waals surface area contributed by atoms with Gasteiger partial charge in [-0.3, -0.25) is 9.59 Å². The summed E-state index contributed by atoms with van der Waals surface area (Å²) in [6.07, 6.45) is 1.25. The molecule has 324 valence electrons. The molecule has 0 amide bonds. The predicted octanol–water partition coefficient (Wildman–Crippen LogP) is 9.28. The van der Waals surface area contributed by atoms with Crippen molar-refractivity contribution in [2.24, 2.45) is 0 Å². The van der Waals surface area contributed by atoms with Crippen molar-refractivity contribution in [2.45, 2.75) is 124 Å². The van der Waals surface area contributed by atoms with Crippen LogP contribution in [0.2, 0.25) is 0 Å². The van der Waals surface area contributed by atoms with E-state index in [4.69, 9.17) is 43.0 Å². The van der Waals surface area contributed by atoms with Gasteiger partial charge in [0.15, 0.2) is 0 Å². The van der Waals surface area contributed by atoms with E-state index in [-0.39, 0.29) is 19.8 Å². The molecule has 3 aromatic carbocycles. The molecule has 0 fully saturated rings. The molecule has 59 heavy (non-hydrogen) atoms. The summed E-state index contributed by atoms with van der Waals surface area (Å²) in [4.78, 5) is 58.7. The third-order valence-electron chi connectivity index (χ3n) is 7.20. The Kier molecular flexibility index (Phi) is 20.4. The second-order valence-electron chi connectivity index (χ2n) is 16.3. The zero-order valence-electron chi connectivity index (χ0n) is 35.8. The van der Waals surface area contributed by atoms with E-state index in [9.17, 15) is 24.0 Å². The van der Waals surface area contributed by atoms with E-state index >= 15 is 0 Å². The topological polar surface area (TPSA) is 179 Å². The van der Waals surface area contributed by atoms with E-state index in [0.29, 0.717) is 42.9 Å². The first-order chi connectivity index (χ1) is 27.6. The quantitative estimate of drug-likeness (QED) is 0.0475. The van der Waals surface area contributed by atoms with Crippen molar-refractivity contribution in [1.29, 1.82) is 0 Å². The Balaban J connectivity index is 0.000000554. The minimum atomic E-state index is -0.769. The minimum absolute atomic E-state index is 0.163. The molecule has 0 atom stereocenters. The van der Waals surface area contributed by atoms with Crippen molar-refractivity contribution in [1.82, 2.24) is 0 Å². The zero-order chi connectivity index (χ0) is 44.1. The van der Waals surface area contributed by atoms with Gasteiger partial charge in [0.25, 0.3) is 0 Å². The van der Waals surface area contributed by atoms with Gasteiger partial charge in [0.2, 0.25) is 0 Å². The second-order valence-corrected chi connectivity index (χ2v) is 16.3. The average Bonchev–Trinajstić information content (AvgIpc) is 3.11. The molecule has 14 nitrogen and oxygen atoms in total. The van der Waals surface area contributed by atoms with Crippen LogP contribution >= 0.6 is 0 Å². The van der Waals surface area contributed by atoms with E-state index in [2.05, 4.69) is 0 Å². The van der Waals surface area contributed by atoms with Gasteiger partial charge in [0, 0.05) is 6.61 Å². The molecule has 0 bridgehead atoms. The summed E-state index contributed by atoms with van der Waals surface area (Å²) in [7, 11) is 0. The van der Waals surface area contributed by atoms with Crippen LogP contribution in [0, 0.1) is 0 Å². The Bertz CT molecular complexity index is 1650.